The molecule has 0 spiro atoms. The fraction of sp³-hybridized carbons (Fsp3) is 0.172. The number of methoxy groups -OCH3 is 1. The maximum absolute atomic E-state index is 13.8. The van der Waals surface area contributed by atoms with Crippen molar-refractivity contribution in [3.8, 4) is 23.3 Å². The Hall–Kier alpha value is -5.42. The number of carboxylic acid groups (broad SMARTS) is 1. The number of hydrogen-bond acceptors (Lipinski definition) is 8. The number of ether oxygens (including phenoxy) is 2. The summed E-state index contributed by atoms with van der Waals surface area (Å²) in [5.74, 6) is -2.20. The molecule has 4 rings (SSSR count). The number of aromatic nitrogens is 4. The van der Waals surface area contributed by atoms with Gasteiger partial charge >= 0.3 is 12.1 Å². The number of alkyl halides is 3. The molecule has 226 valence electrons. The van der Waals surface area contributed by atoms with E-state index in [1.54, 1.807) is 30.3 Å². The smallest absolute Gasteiger partial charge is 0.437 e. The lowest BCUT2D eigenvalue weighted by Gasteiger charge is -2.15. The van der Waals surface area contributed by atoms with Crippen molar-refractivity contribution >= 4 is 23.6 Å². The van der Waals surface area contributed by atoms with E-state index in [-0.39, 0.29) is 39.7 Å². The monoisotopic (exact) mass is 627 g/mol. The first-order valence-corrected chi connectivity index (χ1v) is 12.9. The summed E-state index contributed by atoms with van der Waals surface area (Å²) in [5, 5.41) is 22.8. The van der Waals surface area contributed by atoms with E-state index in [4.69, 9.17) is 26.3 Å². The van der Waals surface area contributed by atoms with Gasteiger partial charge in [0.15, 0.2) is 5.69 Å². The zero-order chi connectivity index (χ0) is 32.2. The third-order valence-electron chi connectivity index (χ3n) is 6.07. The molecule has 0 aliphatic carbocycles. The van der Waals surface area contributed by atoms with Crippen LogP contribution in [0.25, 0.3) is 6.08 Å². The fourth-order valence-corrected chi connectivity index (χ4v) is 4.19. The number of aliphatic carboxylic acids is 1. The highest BCUT2D eigenvalue weighted by molar-refractivity contribution is 6.30. The van der Waals surface area contributed by atoms with Crippen LogP contribution in [0.5, 0.6) is 17.2 Å². The van der Waals surface area contributed by atoms with Crippen molar-refractivity contribution in [2.24, 2.45) is 0 Å². The minimum absolute atomic E-state index is 0.0163. The van der Waals surface area contributed by atoms with E-state index in [2.05, 4.69) is 10.1 Å². The van der Waals surface area contributed by atoms with Crippen molar-refractivity contribution in [3.63, 3.8) is 0 Å². The standard InChI is InChI=1S/C29H21ClF3N5O6/c1-16(28(41)42)7-19-10-21(36-38(26(19)39)13-17-3-5-22(43-2)6-4-17)14-37-15-35-25(29(31,32)33)24(27(37)40)44-23-9-18(12-34)8-20(30)11-23/h3-11,15H,13-14H2,1-2H3,(H,41,42). The van der Waals surface area contributed by atoms with E-state index in [0.29, 0.717) is 17.6 Å². The molecule has 0 fully saturated rings. The van der Waals surface area contributed by atoms with Gasteiger partial charge in [0.2, 0.25) is 5.75 Å². The van der Waals surface area contributed by atoms with Crippen molar-refractivity contribution < 1.29 is 32.5 Å². The molecule has 2 aromatic heterocycles. The Balaban J connectivity index is 1.82. The van der Waals surface area contributed by atoms with E-state index in [0.717, 1.165) is 27.5 Å². The second-order valence-electron chi connectivity index (χ2n) is 9.28. The highest BCUT2D eigenvalue weighted by atomic mass is 35.5. The molecule has 0 bridgehead atoms. The van der Waals surface area contributed by atoms with Gasteiger partial charge in [0.25, 0.3) is 11.1 Å². The molecule has 11 nitrogen and oxygen atoms in total. The van der Waals surface area contributed by atoms with Gasteiger partial charge < -0.3 is 14.6 Å². The summed E-state index contributed by atoms with van der Waals surface area (Å²) in [6.45, 7) is 0.737. The van der Waals surface area contributed by atoms with Gasteiger partial charge in [-0.2, -0.15) is 23.5 Å². The number of rotatable bonds is 9. The van der Waals surface area contributed by atoms with Crippen LogP contribution in [0.4, 0.5) is 13.2 Å². The number of hydrogen-bond donors (Lipinski definition) is 1. The van der Waals surface area contributed by atoms with Gasteiger partial charge in [-0.1, -0.05) is 23.7 Å². The molecule has 0 amide bonds. The average Bonchev–Trinajstić information content (AvgIpc) is 2.96. The highest BCUT2D eigenvalue weighted by Crippen LogP contribution is 2.35. The van der Waals surface area contributed by atoms with E-state index < -0.39 is 41.3 Å². The molecular weight excluding hydrogens is 607 g/mol. The van der Waals surface area contributed by atoms with Crippen molar-refractivity contribution in [2.75, 3.05) is 7.11 Å². The van der Waals surface area contributed by atoms with Crippen LogP contribution in [0.3, 0.4) is 0 Å². The van der Waals surface area contributed by atoms with Crippen LogP contribution in [-0.4, -0.2) is 37.5 Å². The van der Waals surface area contributed by atoms with Crippen LogP contribution in [-0.2, 0) is 24.1 Å². The highest BCUT2D eigenvalue weighted by Gasteiger charge is 2.39. The molecule has 0 saturated carbocycles. The maximum Gasteiger partial charge on any atom is 0.437 e. The lowest BCUT2D eigenvalue weighted by Crippen LogP contribution is -2.30. The number of carboxylic acids is 1. The van der Waals surface area contributed by atoms with Crippen molar-refractivity contribution in [2.45, 2.75) is 26.2 Å². The van der Waals surface area contributed by atoms with Crippen molar-refractivity contribution in [1.82, 2.24) is 19.3 Å². The van der Waals surface area contributed by atoms with Gasteiger partial charge in [-0.15, -0.1) is 0 Å². The van der Waals surface area contributed by atoms with E-state index in [1.165, 1.54) is 26.2 Å². The summed E-state index contributed by atoms with van der Waals surface area (Å²) in [4.78, 5) is 41.4. The number of carbonyl (C=O) groups is 1. The molecule has 0 radical (unpaired) electrons. The molecule has 0 aliphatic heterocycles. The molecule has 44 heavy (non-hydrogen) atoms. The van der Waals surface area contributed by atoms with Crippen LogP contribution in [0, 0.1) is 11.3 Å². The van der Waals surface area contributed by atoms with Crippen LogP contribution in [0.15, 0.2) is 70.0 Å². The summed E-state index contributed by atoms with van der Waals surface area (Å²) in [5.41, 5.74) is -3.15. The largest absolute Gasteiger partial charge is 0.497 e. The molecule has 2 aromatic carbocycles. The van der Waals surface area contributed by atoms with Gasteiger partial charge in [-0.05, 0) is 55.0 Å². The number of nitrogens with zero attached hydrogens (tertiary/aromatic N) is 5. The quantitative estimate of drug-likeness (QED) is 0.260. The van der Waals surface area contributed by atoms with Gasteiger partial charge in [0.05, 0.1) is 43.9 Å². The number of benzene rings is 2. The first-order chi connectivity index (χ1) is 20.8. The zero-order valence-electron chi connectivity index (χ0n) is 22.9. The SMILES string of the molecule is COc1ccc(Cn2nc(Cn3cnc(C(F)(F)F)c(Oc4cc(Cl)cc(C#N)c4)c3=O)cc(C=C(C)C(=O)O)c2=O)cc1. The third kappa shape index (κ3) is 7.31. The number of nitriles is 1. The van der Waals surface area contributed by atoms with Gasteiger partial charge in [0.1, 0.15) is 11.5 Å². The van der Waals surface area contributed by atoms with Crippen LogP contribution in [0.2, 0.25) is 5.02 Å². The summed E-state index contributed by atoms with van der Waals surface area (Å²) in [6.07, 6.45) is -3.32. The number of halogens is 4. The first-order valence-electron chi connectivity index (χ1n) is 12.5. The Labute approximate surface area is 251 Å². The molecule has 15 heteroatoms. The Bertz CT molecular complexity index is 1930. The van der Waals surface area contributed by atoms with Crippen LogP contribution in [0.1, 0.15) is 35.0 Å². The molecule has 0 atom stereocenters. The van der Waals surface area contributed by atoms with E-state index in [9.17, 15) is 32.7 Å². The van der Waals surface area contributed by atoms with Gasteiger partial charge in [-0.3, -0.25) is 14.2 Å². The van der Waals surface area contributed by atoms with E-state index >= 15 is 0 Å². The molecule has 1 N–H and O–H groups in total. The summed E-state index contributed by atoms with van der Waals surface area (Å²) in [7, 11) is 1.49. The molecule has 0 aliphatic rings. The van der Waals surface area contributed by atoms with Crippen molar-refractivity contribution in [3.05, 3.63) is 114 Å². The fourth-order valence-electron chi connectivity index (χ4n) is 3.96. The minimum atomic E-state index is -5.08. The zero-order valence-corrected chi connectivity index (χ0v) is 23.7. The Kier molecular flexibility index (Phi) is 9.20. The van der Waals surface area contributed by atoms with E-state index in [1.807, 2.05) is 0 Å². The molecule has 0 saturated heterocycles. The summed E-state index contributed by atoms with van der Waals surface area (Å²) >= 11 is 5.94. The topological polar surface area (TPSA) is 149 Å². The summed E-state index contributed by atoms with van der Waals surface area (Å²) in [6, 6.07) is 13.2. The molecule has 0 unspecified atom stereocenters. The predicted octanol–water partition coefficient (Wildman–Crippen LogP) is 4.73. The maximum atomic E-state index is 13.8. The lowest BCUT2D eigenvalue weighted by molar-refractivity contribution is -0.142. The van der Waals surface area contributed by atoms with Crippen molar-refractivity contribution in [1.29, 1.82) is 5.26 Å². The molecule has 2 heterocycles. The Morgan fingerprint density at radius 2 is 1.80 bits per heavy atom. The third-order valence-corrected chi connectivity index (χ3v) is 6.29. The second-order valence-corrected chi connectivity index (χ2v) is 9.71. The Morgan fingerprint density at radius 3 is 2.41 bits per heavy atom. The minimum Gasteiger partial charge on any atom is -0.497 e. The lowest BCUT2D eigenvalue weighted by atomic mass is 10.1. The molecule has 4 aromatic rings. The average molecular weight is 628 g/mol. The van der Waals surface area contributed by atoms with Crippen LogP contribution >= 0.6 is 11.6 Å². The normalized spacial score (nSPS) is 11.6. The van der Waals surface area contributed by atoms with Crippen LogP contribution < -0.4 is 20.6 Å². The predicted molar refractivity (Wildman–Crippen MR) is 151 cm³/mol. The second kappa shape index (κ2) is 12.8. The van der Waals surface area contributed by atoms with Gasteiger partial charge in [0, 0.05) is 16.2 Å². The van der Waals surface area contributed by atoms with Gasteiger partial charge in [-0.25, -0.2) is 14.5 Å². The Morgan fingerprint density at radius 1 is 1.09 bits per heavy atom. The molecular formula is C29H21ClF3N5O6. The summed E-state index contributed by atoms with van der Waals surface area (Å²) < 4.78 is 53.7. The first kappa shape index (κ1) is 31.5.